The van der Waals surface area contributed by atoms with E-state index < -0.39 is 0 Å². The van der Waals surface area contributed by atoms with Gasteiger partial charge in [0.2, 0.25) is 0 Å². The second kappa shape index (κ2) is 4.95. The first-order valence-electron chi connectivity index (χ1n) is 5.82. The van der Waals surface area contributed by atoms with Crippen LogP contribution in [0.3, 0.4) is 0 Å². The third-order valence-corrected chi connectivity index (χ3v) is 3.03. The SMILES string of the molecule is CC(C)(C)NCC(C)(C)c1ccc(F)cc1Cl. The molecule has 0 atom stereocenters. The smallest absolute Gasteiger partial charge is 0.124 e. The molecular formula is C14H21ClFN. The van der Waals surface area contributed by atoms with Crippen LogP contribution in [0.25, 0.3) is 0 Å². The summed E-state index contributed by atoms with van der Waals surface area (Å²) in [6, 6.07) is 4.60. The van der Waals surface area contributed by atoms with Crippen LogP contribution in [0.15, 0.2) is 18.2 Å². The van der Waals surface area contributed by atoms with Crippen LogP contribution < -0.4 is 5.32 Å². The van der Waals surface area contributed by atoms with Crippen molar-refractivity contribution in [2.24, 2.45) is 0 Å². The van der Waals surface area contributed by atoms with Gasteiger partial charge in [-0.2, -0.15) is 0 Å². The Labute approximate surface area is 108 Å². The first-order valence-corrected chi connectivity index (χ1v) is 6.20. The van der Waals surface area contributed by atoms with Gasteiger partial charge in [-0.05, 0) is 38.5 Å². The maximum Gasteiger partial charge on any atom is 0.124 e. The summed E-state index contributed by atoms with van der Waals surface area (Å²) in [6.45, 7) is 11.4. The van der Waals surface area contributed by atoms with E-state index >= 15 is 0 Å². The summed E-state index contributed by atoms with van der Waals surface area (Å²) in [4.78, 5) is 0. The van der Waals surface area contributed by atoms with Gasteiger partial charge in [-0.15, -0.1) is 0 Å². The van der Waals surface area contributed by atoms with Gasteiger partial charge in [0.05, 0.1) is 0 Å². The summed E-state index contributed by atoms with van der Waals surface area (Å²) in [5, 5.41) is 3.94. The lowest BCUT2D eigenvalue weighted by Crippen LogP contribution is -2.43. The fraction of sp³-hybridized carbons (Fsp3) is 0.571. The fourth-order valence-corrected chi connectivity index (χ4v) is 2.04. The summed E-state index contributed by atoms with van der Waals surface area (Å²) in [5.74, 6) is -0.293. The average Bonchev–Trinajstić information content (AvgIpc) is 2.13. The van der Waals surface area contributed by atoms with Crippen LogP contribution in [-0.2, 0) is 5.41 Å². The zero-order valence-corrected chi connectivity index (χ0v) is 12.0. The third-order valence-electron chi connectivity index (χ3n) is 2.72. The molecule has 0 aliphatic heterocycles. The lowest BCUT2D eigenvalue weighted by Gasteiger charge is -2.31. The lowest BCUT2D eigenvalue weighted by atomic mass is 9.84. The van der Waals surface area contributed by atoms with Crippen LogP contribution in [0.2, 0.25) is 5.02 Å². The second-order valence-electron chi connectivity index (χ2n) is 6.11. The number of hydrogen-bond acceptors (Lipinski definition) is 1. The van der Waals surface area contributed by atoms with Crippen molar-refractivity contribution in [3.8, 4) is 0 Å². The molecule has 1 aromatic rings. The molecule has 0 spiro atoms. The minimum absolute atomic E-state index is 0.0593. The standard InChI is InChI=1S/C14H21ClFN/c1-13(2,3)17-9-14(4,5)11-7-6-10(16)8-12(11)15/h6-8,17H,9H2,1-5H3. The van der Waals surface area contributed by atoms with Crippen LogP contribution in [0.1, 0.15) is 40.2 Å². The van der Waals surface area contributed by atoms with E-state index in [-0.39, 0.29) is 16.8 Å². The molecule has 0 fully saturated rings. The molecule has 1 N–H and O–H groups in total. The largest absolute Gasteiger partial charge is 0.311 e. The Kier molecular flexibility index (Phi) is 4.21. The number of nitrogens with one attached hydrogen (secondary N) is 1. The van der Waals surface area contributed by atoms with Gasteiger partial charge in [0.1, 0.15) is 5.82 Å². The Bertz CT molecular complexity index is 394. The molecule has 0 saturated heterocycles. The summed E-state index contributed by atoms with van der Waals surface area (Å²) in [5.41, 5.74) is 0.902. The first kappa shape index (κ1) is 14.5. The van der Waals surface area contributed by atoms with E-state index in [4.69, 9.17) is 11.6 Å². The average molecular weight is 258 g/mol. The van der Waals surface area contributed by atoms with Gasteiger partial charge in [0, 0.05) is 22.5 Å². The van der Waals surface area contributed by atoms with Gasteiger partial charge in [-0.1, -0.05) is 31.5 Å². The highest BCUT2D eigenvalue weighted by molar-refractivity contribution is 6.31. The van der Waals surface area contributed by atoms with Crippen molar-refractivity contribution in [2.75, 3.05) is 6.54 Å². The quantitative estimate of drug-likeness (QED) is 0.858. The molecule has 0 aliphatic rings. The number of hydrogen-bond donors (Lipinski definition) is 1. The molecular weight excluding hydrogens is 237 g/mol. The van der Waals surface area contributed by atoms with E-state index in [2.05, 4.69) is 39.9 Å². The first-order chi connectivity index (χ1) is 7.62. The van der Waals surface area contributed by atoms with E-state index in [1.807, 2.05) is 0 Å². The summed E-state index contributed by atoms with van der Waals surface area (Å²) >= 11 is 6.10. The molecule has 0 saturated carbocycles. The minimum atomic E-state index is -0.293. The van der Waals surface area contributed by atoms with Gasteiger partial charge in [0.15, 0.2) is 0 Å². The zero-order valence-electron chi connectivity index (χ0n) is 11.2. The van der Waals surface area contributed by atoms with Crippen molar-refractivity contribution < 1.29 is 4.39 Å². The van der Waals surface area contributed by atoms with Crippen molar-refractivity contribution >= 4 is 11.6 Å². The maximum absolute atomic E-state index is 13.0. The van der Waals surface area contributed by atoms with Crippen LogP contribution in [0.5, 0.6) is 0 Å². The van der Waals surface area contributed by atoms with Crippen LogP contribution >= 0.6 is 11.6 Å². The number of rotatable bonds is 3. The highest BCUT2D eigenvalue weighted by atomic mass is 35.5. The van der Waals surface area contributed by atoms with Crippen LogP contribution in [0.4, 0.5) is 4.39 Å². The van der Waals surface area contributed by atoms with Gasteiger partial charge in [-0.3, -0.25) is 0 Å². The van der Waals surface area contributed by atoms with Crippen LogP contribution in [-0.4, -0.2) is 12.1 Å². The summed E-state index contributed by atoms with van der Waals surface area (Å²) in [7, 11) is 0. The topological polar surface area (TPSA) is 12.0 Å². The highest BCUT2D eigenvalue weighted by Crippen LogP contribution is 2.30. The van der Waals surface area contributed by atoms with Crippen molar-refractivity contribution in [1.82, 2.24) is 5.32 Å². The zero-order chi connectivity index (χ0) is 13.3. The van der Waals surface area contributed by atoms with Gasteiger partial charge >= 0.3 is 0 Å². The Morgan fingerprint density at radius 2 is 1.76 bits per heavy atom. The second-order valence-corrected chi connectivity index (χ2v) is 6.52. The normalized spacial score (nSPS) is 12.9. The molecule has 3 heteroatoms. The minimum Gasteiger partial charge on any atom is -0.311 e. The van der Waals surface area contributed by atoms with Crippen molar-refractivity contribution in [2.45, 2.75) is 45.6 Å². The molecule has 0 unspecified atom stereocenters. The Morgan fingerprint density at radius 1 is 1.18 bits per heavy atom. The Hall–Kier alpha value is -0.600. The molecule has 1 rings (SSSR count). The molecule has 0 heterocycles. The van der Waals surface area contributed by atoms with Gasteiger partial charge in [-0.25, -0.2) is 4.39 Å². The third kappa shape index (κ3) is 4.29. The van der Waals surface area contributed by atoms with E-state index in [9.17, 15) is 4.39 Å². The molecule has 0 aliphatic carbocycles. The van der Waals surface area contributed by atoms with Crippen LogP contribution in [0, 0.1) is 5.82 Å². The maximum atomic E-state index is 13.0. The van der Waals surface area contributed by atoms with E-state index in [1.54, 1.807) is 6.07 Å². The molecule has 96 valence electrons. The molecule has 0 radical (unpaired) electrons. The lowest BCUT2D eigenvalue weighted by molar-refractivity contribution is 0.363. The molecule has 1 aromatic carbocycles. The predicted molar refractivity (Wildman–Crippen MR) is 72.2 cm³/mol. The van der Waals surface area contributed by atoms with E-state index in [0.717, 1.165) is 12.1 Å². The van der Waals surface area contributed by atoms with Crippen molar-refractivity contribution in [1.29, 1.82) is 0 Å². The fourth-order valence-electron chi connectivity index (χ4n) is 1.62. The molecule has 0 aromatic heterocycles. The van der Waals surface area contributed by atoms with Gasteiger partial charge < -0.3 is 5.32 Å². The van der Waals surface area contributed by atoms with E-state index in [1.165, 1.54) is 12.1 Å². The Morgan fingerprint density at radius 3 is 2.24 bits per heavy atom. The highest BCUT2D eigenvalue weighted by Gasteiger charge is 2.25. The monoisotopic (exact) mass is 257 g/mol. The molecule has 0 amide bonds. The summed E-state index contributed by atoms with van der Waals surface area (Å²) < 4.78 is 13.0. The molecule has 17 heavy (non-hydrogen) atoms. The van der Waals surface area contributed by atoms with Crippen molar-refractivity contribution in [3.05, 3.63) is 34.6 Å². The predicted octanol–water partition coefficient (Wildman–Crippen LogP) is 4.14. The molecule has 0 bridgehead atoms. The van der Waals surface area contributed by atoms with Crippen molar-refractivity contribution in [3.63, 3.8) is 0 Å². The number of halogens is 2. The summed E-state index contributed by atoms with van der Waals surface area (Å²) in [6.07, 6.45) is 0. The Balaban J connectivity index is 2.89. The molecule has 1 nitrogen and oxygen atoms in total. The number of benzene rings is 1. The van der Waals surface area contributed by atoms with E-state index in [0.29, 0.717) is 5.02 Å². The van der Waals surface area contributed by atoms with Gasteiger partial charge in [0.25, 0.3) is 0 Å².